The van der Waals surface area contributed by atoms with Crippen LogP contribution in [0.4, 0.5) is 5.69 Å². The number of rotatable bonds is 7. The van der Waals surface area contributed by atoms with Crippen LogP contribution >= 0.6 is 11.5 Å². The number of carbonyl (C=O) groups is 2. The number of amides is 2. The average Bonchev–Trinajstić information content (AvgIpc) is 3.08. The highest BCUT2D eigenvalue weighted by atomic mass is 32.1. The van der Waals surface area contributed by atoms with Crippen molar-refractivity contribution in [2.75, 3.05) is 5.32 Å². The van der Waals surface area contributed by atoms with E-state index < -0.39 is 0 Å². The first-order valence-corrected chi connectivity index (χ1v) is 8.81. The van der Waals surface area contributed by atoms with E-state index >= 15 is 0 Å². The highest BCUT2D eigenvalue weighted by molar-refractivity contribution is 7.08. The lowest BCUT2D eigenvalue weighted by atomic mass is 10.1. The summed E-state index contributed by atoms with van der Waals surface area (Å²) in [7, 11) is 0. The van der Waals surface area contributed by atoms with Gasteiger partial charge in [0.1, 0.15) is 4.88 Å². The molecule has 2 N–H and O–H groups in total. The van der Waals surface area contributed by atoms with Gasteiger partial charge in [0.05, 0.1) is 5.69 Å². The average molecular weight is 346 g/mol. The molecular weight excluding hydrogens is 324 g/mol. The fraction of sp³-hybridized carbons (Fsp3) is 0.412. The number of hydrogen-bond acceptors (Lipinski definition) is 5. The molecule has 0 saturated carbocycles. The molecule has 0 bridgehead atoms. The van der Waals surface area contributed by atoms with Gasteiger partial charge in [0.15, 0.2) is 0 Å². The molecule has 1 aromatic carbocycles. The van der Waals surface area contributed by atoms with Gasteiger partial charge < -0.3 is 10.6 Å². The predicted molar refractivity (Wildman–Crippen MR) is 95.0 cm³/mol. The number of carbonyl (C=O) groups excluding carboxylic acids is 2. The van der Waals surface area contributed by atoms with Gasteiger partial charge in [0.2, 0.25) is 5.91 Å². The molecule has 2 aromatic rings. The van der Waals surface area contributed by atoms with Crippen LogP contribution in [0, 0.1) is 5.92 Å². The molecule has 24 heavy (non-hydrogen) atoms. The third-order valence-electron chi connectivity index (χ3n) is 3.80. The summed E-state index contributed by atoms with van der Waals surface area (Å²) in [4.78, 5) is 24.7. The highest BCUT2D eigenvalue weighted by Crippen LogP contribution is 2.14. The van der Waals surface area contributed by atoms with E-state index in [1.807, 2.05) is 45.0 Å². The van der Waals surface area contributed by atoms with Gasteiger partial charge in [-0.1, -0.05) is 37.4 Å². The zero-order chi connectivity index (χ0) is 17.5. The predicted octanol–water partition coefficient (Wildman–Crippen LogP) is 3.02. The Morgan fingerprint density at radius 1 is 1.29 bits per heavy atom. The Balaban J connectivity index is 1.97. The number of hydrogen-bond donors (Lipinski definition) is 2. The smallest absolute Gasteiger partial charge is 0.265 e. The highest BCUT2D eigenvalue weighted by Gasteiger charge is 2.15. The number of anilines is 1. The Bertz CT molecular complexity index is 714. The van der Waals surface area contributed by atoms with Crippen LogP contribution in [0.1, 0.15) is 48.1 Å². The van der Waals surface area contributed by atoms with Crippen molar-refractivity contribution < 1.29 is 9.59 Å². The Kier molecular flexibility index (Phi) is 6.43. The van der Waals surface area contributed by atoms with Gasteiger partial charge in [-0.25, -0.2) is 0 Å². The molecule has 0 aliphatic carbocycles. The van der Waals surface area contributed by atoms with E-state index in [1.54, 1.807) is 0 Å². The monoisotopic (exact) mass is 346 g/mol. The first kappa shape index (κ1) is 18.1. The first-order valence-electron chi connectivity index (χ1n) is 8.04. The van der Waals surface area contributed by atoms with Crippen LogP contribution in [0.15, 0.2) is 24.3 Å². The van der Waals surface area contributed by atoms with Crippen molar-refractivity contribution in [2.24, 2.45) is 5.92 Å². The molecular formula is C17H22N4O2S. The van der Waals surface area contributed by atoms with Gasteiger partial charge in [-0.3, -0.25) is 9.59 Å². The maximum absolute atomic E-state index is 12.2. The minimum atomic E-state index is -0.170. The molecule has 0 aliphatic rings. The van der Waals surface area contributed by atoms with Gasteiger partial charge in [0.25, 0.3) is 5.91 Å². The number of nitrogens with zero attached hydrogens (tertiary/aromatic N) is 2. The van der Waals surface area contributed by atoms with E-state index in [2.05, 4.69) is 20.2 Å². The lowest BCUT2D eigenvalue weighted by Gasteiger charge is -2.11. The van der Waals surface area contributed by atoms with E-state index in [9.17, 15) is 9.59 Å². The standard InChI is InChI=1S/C17H22N4O2S/c1-4-11(3)16(22)19-13-8-6-7-12(9-13)10-18-17(23)15-14(5-2)20-21-24-15/h6-9,11H,4-5,10H2,1-3H3,(H,18,23)(H,19,22). The fourth-order valence-electron chi connectivity index (χ4n) is 2.08. The number of benzene rings is 1. The minimum Gasteiger partial charge on any atom is -0.347 e. The van der Waals surface area contributed by atoms with Crippen molar-refractivity contribution in [1.82, 2.24) is 14.9 Å². The molecule has 128 valence electrons. The molecule has 6 nitrogen and oxygen atoms in total. The van der Waals surface area contributed by atoms with E-state index in [0.717, 1.165) is 29.2 Å². The molecule has 1 aromatic heterocycles. The van der Waals surface area contributed by atoms with Gasteiger partial charge in [-0.2, -0.15) is 0 Å². The molecule has 0 radical (unpaired) electrons. The van der Waals surface area contributed by atoms with Crippen molar-refractivity contribution in [3.63, 3.8) is 0 Å². The lowest BCUT2D eigenvalue weighted by Crippen LogP contribution is -2.23. The Hall–Kier alpha value is -2.28. The summed E-state index contributed by atoms with van der Waals surface area (Å²) in [6.07, 6.45) is 1.47. The summed E-state index contributed by atoms with van der Waals surface area (Å²) in [6, 6.07) is 7.48. The maximum Gasteiger partial charge on any atom is 0.265 e. The number of aryl methyl sites for hydroxylation is 1. The zero-order valence-electron chi connectivity index (χ0n) is 14.1. The minimum absolute atomic E-state index is 0.00186. The van der Waals surface area contributed by atoms with Gasteiger partial charge in [-0.05, 0) is 42.1 Å². The molecule has 0 saturated heterocycles. The first-order chi connectivity index (χ1) is 11.5. The number of aromatic nitrogens is 2. The second-order valence-corrected chi connectivity index (χ2v) is 6.34. The van der Waals surface area contributed by atoms with Gasteiger partial charge in [0, 0.05) is 18.2 Å². The third-order valence-corrected chi connectivity index (χ3v) is 4.57. The summed E-state index contributed by atoms with van der Waals surface area (Å²) >= 11 is 1.10. The summed E-state index contributed by atoms with van der Waals surface area (Å²) in [5.74, 6) is -0.197. The second kappa shape index (κ2) is 8.54. The van der Waals surface area contributed by atoms with Crippen LogP contribution in [0.3, 0.4) is 0 Å². The van der Waals surface area contributed by atoms with Crippen molar-refractivity contribution >= 4 is 29.0 Å². The van der Waals surface area contributed by atoms with Crippen LogP contribution in [-0.4, -0.2) is 21.4 Å². The van der Waals surface area contributed by atoms with Crippen LogP contribution in [0.5, 0.6) is 0 Å². The van der Waals surface area contributed by atoms with Crippen molar-refractivity contribution in [2.45, 2.75) is 40.2 Å². The zero-order valence-corrected chi connectivity index (χ0v) is 14.9. The normalized spacial score (nSPS) is 11.8. The molecule has 1 heterocycles. The van der Waals surface area contributed by atoms with Crippen LogP contribution < -0.4 is 10.6 Å². The summed E-state index contributed by atoms with van der Waals surface area (Å²) < 4.78 is 3.82. The molecule has 7 heteroatoms. The van der Waals surface area contributed by atoms with Crippen molar-refractivity contribution in [3.05, 3.63) is 40.4 Å². The molecule has 1 unspecified atom stereocenters. The van der Waals surface area contributed by atoms with Crippen molar-refractivity contribution in [1.29, 1.82) is 0 Å². The van der Waals surface area contributed by atoms with Crippen LogP contribution in [-0.2, 0) is 17.8 Å². The van der Waals surface area contributed by atoms with E-state index in [4.69, 9.17) is 0 Å². The summed E-state index contributed by atoms with van der Waals surface area (Å²) in [6.45, 7) is 6.20. The Morgan fingerprint density at radius 3 is 2.79 bits per heavy atom. The third kappa shape index (κ3) is 4.61. The van der Waals surface area contributed by atoms with E-state index in [0.29, 0.717) is 23.5 Å². The largest absolute Gasteiger partial charge is 0.347 e. The van der Waals surface area contributed by atoms with Crippen LogP contribution in [0.2, 0.25) is 0 Å². The SMILES string of the molecule is CCc1nnsc1C(=O)NCc1cccc(NC(=O)C(C)CC)c1. The van der Waals surface area contributed by atoms with Gasteiger partial charge in [-0.15, -0.1) is 5.10 Å². The van der Waals surface area contributed by atoms with E-state index in [1.165, 1.54) is 0 Å². The molecule has 0 spiro atoms. The van der Waals surface area contributed by atoms with E-state index in [-0.39, 0.29) is 17.7 Å². The number of nitrogens with one attached hydrogen (secondary N) is 2. The fourth-order valence-corrected chi connectivity index (χ4v) is 2.75. The van der Waals surface area contributed by atoms with Crippen LogP contribution in [0.25, 0.3) is 0 Å². The quantitative estimate of drug-likeness (QED) is 0.807. The summed E-state index contributed by atoms with van der Waals surface area (Å²) in [5.41, 5.74) is 2.37. The maximum atomic E-state index is 12.2. The molecule has 2 rings (SSSR count). The van der Waals surface area contributed by atoms with Gasteiger partial charge >= 0.3 is 0 Å². The second-order valence-electron chi connectivity index (χ2n) is 5.58. The molecule has 0 aliphatic heterocycles. The Morgan fingerprint density at radius 2 is 2.08 bits per heavy atom. The van der Waals surface area contributed by atoms with Crippen molar-refractivity contribution in [3.8, 4) is 0 Å². The molecule has 1 atom stereocenters. The Labute approximate surface area is 145 Å². The summed E-state index contributed by atoms with van der Waals surface area (Å²) in [5, 5.41) is 9.71. The molecule has 2 amide bonds. The molecule has 0 fully saturated rings. The topological polar surface area (TPSA) is 84.0 Å². The lowest BCUT2D eigenvalue weighted by molar-refractivity contribution is -0.119.